The average Bonchev–Trinajstić information content (AvgIpc) is 2.38. The number of halogens is 1. The van der Waals surface area contributed by atoms with Crippen molar-refractivity contribution in [2.24, 2.45) is 0 Å². The van der Waals surface area contributed by atoms with Crippen LogP contribution in [-0.4, -0.2) is 25.4 Å². The summed E-state index contributed by atoms with van der Waals surface area (Å²) in [5.74, 6) is 0.906. The lowest BCUT2D eigenvalue weighted by molar-refractivity contribution is -0.0330. The molecule has 2 atom stereocenters. The van der Waals surface area contributed by atoms with E-state index in [1.165, 1.54) is 0 Å². The van der Waals surface area contributed by atoms with Gasteiger partial charge in [0.2, 0.25) is 0 Å². The molecule has 1 aliphatic heterocycles. The van der Waals surface area contributed by atoms with Crippen molar-refractivity contribution in [1.29, 1.82) is 0 Å². The second-order valence-electron chi connectivity index (χ2n) is 5.19. The molecule has 4 heteroatoms. The molecule has 1 aliphatic rings. The number of hydrogen-bond acceptors (Lipinski definition) is 3. The van der Waals surface area contributed by atoms with Gasteiger partial charge in [-0.15, -0.1) is 0 Å². The van der Waals surface area contributed by atoms with Crippen molar-refractivity contribution >= 4 is 11.6 Å². The highest BCUT2D eigenvalue weighted by Gasteiger charge is 2.37. The van der Waals surface area contributed by atoms with Gasteiger partial charge in [-0.1, -0.05) is 18.5 Å². The Labute approximate surface area is 120 Å². The molecule has 0 aliphatic carbocycles. The van der Waals surface area contributed by atoms with Crippen LogP contribution in [-0.2, 0) is 4.74 Å². The van der Waals surface area contributed by atoms with E-state index in [-0.39, 0.29) is 11.6 Å². The Balaban J connectivity index is 2.27. The van der Waals surface area contributed by atoms with Crippen LogP contribution in [0.4, 0.5) is 0 Å². The van der Waals surface area contributed by atoms with Gasteiger partial charge in [-0.3, -0.25) is 0 Å². The molecule has 1 aromatic carbocycles. The van der Waals surface area contributed by atoms with E-state index in [1.54, 1.807) is 0 Å². The average molecular weight is 284 g/mol. The van der Waals surface area contributed by atoms with Crippen LogP contribution < -0.4 is 10.1 Å². The van der Waals surface area contributed by atoms with E-state index in [2.05, 4.69) is 19.2 Å². The molecular formula is C15H22ClNO2. The molecule has 1 heterocycles. The number of benzene rings is 1. The number of hydrogen-bond donors (Lipinski definition) is 1. The van der Waals surface area contributed by atoms with Crippen LogP contribution in [0.3, 0.4) is 0 Å². The lowest BCUT2D eigenvalue weighted by atomic mass is 9.89. The summed E-state index contributed by atoms with van der Waals surface area (Å²) in [6, 6.07) is 6.07. The van der Waals surface area contributed by atoms with Gasteiger partial charge >= 0.3 is 0 Å². The summed E-state index contributed by atoms with van der Waals surface area (Å²) in [5, 5.41) is 4.25. The molecule has 0 radical (unpaired) electrons. The van der Waals surface area contributed by atoms with E-state index in [0.717, 1.165) is 29.3 Å². The van der Waals surface area contributed by atoms with Gasteiger partial charge in [0.1, 0.15) is 11.4 Å². The molecule has 2 unspecified atom stereocenters. The second-order valence-corrected chi connectivity index (χ2v) is 5.62. The van der Waals surface area contributed by atoms with Crippen LogP contribution in [0, 0.1) is 0 Å². The molecule has 2 rings (SSSR count). The zero-order valence-corrected chi connectivity index (χ0v) is 12.6. The molecule has 0 spiro atoms. The van der Waals surface area contributed by atoms with Gasteiger partial charge in [0.15, 0.2) is 0 Å². The second kappa shape index (κ2) is 6.12. The Morgan fingerprint density at radius 2 is 2.26 bits per heavy atom. The Bertz CT molecular complexity index is 438. The summed E-state index contributed by atoms with van der Waals surface area (Å²) in [6.07, 6.45) is 0.883. The van der Waals surface area contributed by atoms with Gasteiger partial charge < -0.3 is 14.8 Å². The molecule has 3 nitrogen and oxygen atoms in total. The molecule has 1 aromatic rings. The first-order chi connectivity index (χ1) is 9.08. The topological polar surface area (TPSA) is 30.5 Å². The van der Waals surface area contributed by atoms with E-state index in [9.17, 15) is 0 Å². The van der Waals surface area contributed by atoms with E-state index in [0.29, 0.717) is 13.2 Å². The van der Waals surface area contributed by atoms with Crippen molar-refractivity contribution in [2.45, 2.75) is 38.8 Å². The van der Waals surface area contributed by atoms with E-state index in [4.69, 9.17) is 21.1 Å². The highest BCUT2D eigenvalue weighted by molar-refractivity contribution is 6.30. The molecule has 19 heavy (non-hydrogen) atoms. The highest BCUT2D eigenvalue weighted by Crippen LogP contribution is 2.40. The van der Waals surface area contributed by atoms with Crippen molar-refractivity contribution in [3.05, 3.63) is 28.8 Å². The maximum absolute atomic E-state index is 6.13. The molecule has 106 valence electrons. The van der Waals surface area contributed by atoms with E-state index >= 15 is 0 Å². The molecule has 0 fully saturated rings. The number of rotatable bonds is 5. The lowest BCUT2D eigenvalue weighted by Crippen LogP contribution is -2.45. The van der Waals surface area contributed by atoms with Crippen molar-refractivity contribution in [3.8, 4) is 5.75 Å². The summed E-state index contributed by atoms with van der Waals surface area (Å²) in [7, 11) is 0. The van der Waals surface area contributed by atoms with Crippen LogP contribution in [0.25, 0.3) is 0 Å². The molecule has 0 amide bonds. The predicted octanol–water partition coefficient (Wildman–Crippen LogP) is 3.57. The summed E-state index contributed by atoms with van der Waals surface area (Å²) < 4.78 is 11.7. The summed E-state index contributed by atoms with van der Waals surface area (Å²) >= 11 is 6.09. The molecule has 0 aromatic heterocycles. The fourth-order valence-electron chi connectivity index (χ4n) is 2.57. The highest BCUT2D eigenvalue weighted by atomic mass is 35.5. The van der Waals surface area contributed by atoms with Gasteiger partial charge in [0.25, 0.3) is 0 Å². The summed E-state index contributed by atoms with van der Waals surface area (Å²) in [5.41, 5.74) is 0.854. The minimum absolute atomic E-state index is 0.262. The van der Waals surface area contributed by atoms with Gasteiger partial charge in [0, 0.05) is 29.7 Å². The van der Waals surface area contributed by atoms with Crippen molar-refractivity contribution < 1.29 is 9.47 Å². The van der Waals surface area contributed by atoms with Gasteiger partial charge in [-0.25, -0.2) is 0 Å². The van der Waals surface area contributed by atoms with Crippen LogP contribution in [0.15, 0.2) is 18.2 Å². The molecule has 0 saturated carbocycles. The van der Waals surface area contributed by atoms with E-state index < -0.39 is 0 Å². The molecule has 1 N–H and O–H groups in total. The fourth-order valence-corrected chi connectivity index (χ4v) is 2.75. The minimum Gasteiger partial charge on any atom is -0.485 e. The first-order valence-electron chi connectivity index (χ1n) is 6.87. The van der Waals surface area contributed by atoms with Crippen molar-refractivity contribution in [3.63, 3.8) is 0 Å². The quantitative estimate of drug-likeness (QED) is 0.896. The van der Waals surface area contributed by atoms with Crippen LogP contribution in [0.2, 0.25) is 5.02 Å². The Morgan fingerprint density at radius 1 is 1.47 bits per heavy atom. The number of ether oxygens (including phenoxy) is 2. The Hall–Kier alpha value is -0.770. The number of fused-ring (bicyclic) bond motifs is 1. The third kappa shape index (κ3) is 3.41. The van der Waals surface area contributed by atoms with Gasteiger partial charge in [0.05, 0.1) is 6.61 Å². The SMILES string of the molecule is CCNC1CC(C)(COCC)Oc2ccc(Cl)cc21. The van der Waals surface area contributed by atoms with Gasteiger partial charge in [-0.2, -0.15) is 0 Å². The smallest absolute Gasteiger partial charge is 0.131 e. The fraction of sp³-hybridized carbons (Fsp3) is 0.600. The maximum atomic E-state index is 6.13. The lowest BCUT2D eigenvalue weighted by Gasteiger charge is -2.40. The van der Waals surface area contributed by atoms with Crippen LogP contribution in [0.1, 0.15) is 38.8 Å². The minimum atomic E-state index is -0.288. The number of nitrogens with one attached hydrogen (secondary N) is 1. The molecule has 0 bridgehead atoms. The first kappa shape index (κ1) is 14.6. The summed E-state index contributed by atoms with van der Waals surface area (Å²) in [6.45, 7) is 8.44. The third-order valence-corrected chi connectivity index (χ3v) is 3.64. The Kier molecular flexibility index (Phi) is 4.71. The normalized spacial score (nSPS) is 25.8. The van der Waals surface area contributed by atoms with Gasteiger partial charge in [-0.05, 0) is 38.6 Å². The maximum Gasteiger partial charge on any atom is 0.131 e. The zero-order valence-electron chi connectivity index (χ0n) is 11.8. The third-order valence-electron chi connectivity index (χ3n) is 3.40. The van der Waals surface area contributed by atoms with E-state index in [1.807, 2.05) is 25.1 Å². The largest absolute Gasteiger partial charge is 0.485 e. The monoisotopic (exact) mass is 283 g/mol. The summed E-state index contributed by atoms with van der Waals surface area (Å²) in [4.78, 5) is 0. The molecule has 0 saturated heterocycles. The first-order valence-corrected chi connectivity index (χ1v) is 7.25. The van der Waals surface area contributed by atoms with Crippen LogP contribution >= 0.6 is 11.6 Å². The molecular weight excluding hydrogens is 262 g/mol. The standard InChI is InChI=1S/C15H22ClNO2/c1-4-17-13-9-15(3,10-18-5-2)19-14-7-6-11(16)8-12(13)14/h6-8,13,17H,4-5,9-10H2,1-3H3. The van der Waals surface area contributed by atoms with Crippen molar-refractivity contribution in [2.75, 3.05) is 19.8 Å². The van der Waals surface area contributed by atoms with Crippen LogP contribution in [0.5, 0.6) is 5.75 Å². The Morgan fingerprint density at radius 3 is 2.95 bits per heavy atom. The van der Waals surface area contributed by atoms with Crippen molar-refractivity contribution in [1.82, 2.24) is 5.32 Å². The zero-order chi connectivity index (χ0) is 13.9. The predicted molar refractivity (Wildman–Crippen MR) is 78.0 cm³/mol.